The first-order chi connectivity index (χ1) is 11.4. The molecule has 2 heterocycles. The van der Waals surface area contributed by atoms with Crippen LogP contribution in [0, 0.1) is 10.4 Å². The second kappa shape index (κ2) is 25.9. The van der Waals surface area contributed by atoms with Gasteiger partial charge >= 0.3 is 17.1 Å². The summed E-state index contributed by atoms with van der Waals surface area (Å²) in [5, 5.41) is 42.6. The molecule has 181 valence electrons. The Morgan fingerprint density at radius 3 is 1.19 bits per heavy atom. The standard InChI is InChI=1S/2C7H7NO3S.Mn.6H2O/c2*9-7(10)5-12-6-3-1-2-4-8(6)11;;;;;;;/h2*1-4H,5H2,(H,9,10);;6*1H2/q;;+2;;;;;;/p+4. The normalized spacial score (nSPS) is 7.48. The van der Waals surface area contributed by atoms with Crippen molar-refractivity contribution < 1.29 is 79.2 Å². The number of aromatic nitrogens is 2. The van der Waals surface area contributed by atoms with Crippen molar-refractivity contribution in [2.24, 2.45) is 0 Å². The van der Waals surface area contributed by atoms with Crippen LogP contribution >= 0.6 is 23.5 Å². The summed E-state index contributed by atoms with van der Waals surface area (Å²) in [7, 11) is 0. The van der Waals surface area contributed by atoms with E-state index in [1.165, 1.54) is 12.4 Å². The van der Waals surface area contributed by atoms with Gasteiger partial charge < -0.3 is 63.1 Å². The van der Waals surface area contributed by atoms with E-state index in [1.807, 2.05) is 0 Å². The van der Waals surface area contributed by atoms with Gasteiger partial charge in [0.25, 0.3) is 10.1 Å². The third-order valence-electron chi connectivity index (χ3n) is 2.25. The average Bonchev–Trinajstić information content (AvgIpc) is 2.54. The number of hydrogen-bond donors (Lipinski definition) is 0. The Balaban J connectivity index is -0.0000000606. The van der Waals surface area contributed by atoms with Crippen molar-refractivity contribution in [2.75, 3.05) is 11.5 Å². The van der Waals surface area contributed by atoms with Gasteiger partial charge in [0, 0.05) is 35.8 Å². The molecule has 0 unspecified atom stereocenters. The predicted octanol–water partition coefficient (Wildman–Crippen LogP) is -7.21. The van der Waals surface area contributed by atoms with Crippen molar-refractivity contribution in [3.8, 4) is 0 Å². The van der Waals surface area contributed by atoms with Gasteiger partial charge in [0.1, 0.15) is 0 Å². The van der Waals surface area contributed by atoms with Crippen LogP contribution in [0.2, 0.25) is 0 Å². The van der Waals surface area contributed by atoms with Crippen LogP contribution in [0.1, 0.15) is 0 Å². The number of hydrogen-bond acceptors (Lipinski definition) is 8. The van der Waals surface area contributed by atoms with Crippen LogP contribution < -0.4 is 19.7 Å². The molecule has 2 rings (SSSR count). The van der Waals surface area contributed by atoms with Gasteiger partial charge in [-0.05, 0) is 35.7 Å². The fourth-order valence-corrected chi connectivity index (χ4v) is 2.57. The Labute approximate surface area is 195 Å². The van der Waals surface area contributed by atoms with Crippen LogP contribution in [0.15, 0.2) is 58.8 Å². The van der Waals surface area contributed by atoms with Gasteiger partial charge in [0.15, 0.2) is 12.4 Å². The van der Waals surface area contributed by atoms with Crippen molar-refractivity contribution in [1.82, 2.24) is 0 Å². The van der Waals surface area contributed by atoms with Gasteiger partial charge in [-0.1, -0.05) is 0 Å². The van der Waals surface area contributed by atoms with Gasteiger partial charge in [-0.25, -0.2) is 0 Å². The third-order valence-corrected chi connectivity index (χ3v) is 4.24. The van der Waals surface area contributed by atoms with Crippen molar-refractivity contribution in [2.45, 2.75) is 10.1 Å². The van der Waals surface area contributed by atoms with E-state index in [0.29, 0.717) is 19.5 Å². The summed E-state index contributed by atoms with van der Waals surface area (Å²) in [4.78, 5) is 20.1. The molecule has 0 fully saturated rings. The van der Waals surface area contributed by atoms with Gasteiger partial charge in [0.2, 0.25) is 0 Å². The molecule has 0 atom stereocenters. The molecule has 1 radical (unpaired) electrons. The zero-order valence-electron chi connectivity index (χ0n) is 16.0. The van der Waals surface area contributed by atoms with Crippen molar-refractivity contribution in [3.63, 3.8) is 0 Å². The molecule has 14 nitrogen and oxygen atoms in total. The van der Waals surface area contributed by atoms with E-state index in [9.17, 15) is 30.2 Å². The van der Waals surface area contributed by atoms with E-state index >= 15 is 0 Å². The molecule has 0 amide bonds. The molecule has 2 aromatic heterocycles. The molecule has 18 N–H and O–H groups in total. The molecule has 0 spiro atoms. The number of carboxylic acids is 2. The molecule has 17 heteroatoms. The summed E-state index contributed by atoms with van der Waals surface area (Å²) in [5.74, 6) is -2.76. The molecule has 0 saturated carbocycles. The topological polar surface area (TPSA) is 332 Å². The maximum atomic E-state index is 10.9. The van der Waals surface area contributed by atoms with E-state index in [-0.39, 0.29) is 61.4 Å². The monoisotopic (exact) mass is 537 g/mol. The largest absolute Gasteiger partial charge is 2.00 e. The van der Waals surface area contributed by atoms with E-state index in [2.05, 4.69) is 0 Å². The Hall–Kier alpha value is -2.18. The number of carboxylic acid groups (broad SMARTS) is 2. The average molecular weight is 537 g/mol. The van der Waals surface area contributed by atoms with E-state index < -0.39 is 11.9 Å². The minimum Gasteiger partial charge on any atom is -0.618 e. The summed E-state index contributed by atoms with van der Waals surface area (Å²) in [6, 6.07) is 9.62. The van der Waals surface area contributed by atoms with Crippen molar-refractivity contribution in [3.05, 3.63) is 59.2 Å². The smallest absolute Gasteiger partial charge is 0.618 e. The number of carbonyl (C=O) groups excluding carboxylic acids is 2. The summed E-state index contributed by atoms with van der Waals surface area (Å²) in [5.41, 5.74) is 0. The second-order valence-electron chi connectivity index (χ2n) is 4.05. The zero-order valence-corrected chi connectivity index (χ0v) is 18.8. The molecular formula is C14H30MnN2O12S2+6. The van der Waals surface area contributed by atoms with Gasteiger partial charge in [0.05, 0.1) is 11.9 Å². The molecule has 0 aliphatic heterocycles. The molecule has 0 aliphatic rings. The van der Waals surface area contributed by atoms with Crippen LogP contribution in [0.4, 0.5) is 0 Å². The fraction of sp³-hybridized carbons (Fsp3) is 0.143. The molecule has 0 aliphatic carbocycles. The first-order valence-corrected chi connectivity index (χ1v) is 8.39. The van der Waals surface area contributed by atoms with Gasteiger partial charge in [-0.15, -0.1) is 0 Å². The number of nitrogens with zero attached hydrogens (tertiary/aromatic N) is 2. The summed E-state index contributed by atoms with van der Waals surface area (Å²) >= 11 is 1.89. The number of carbonyl (C=O) groups is 2. The van der Waals surface area contributed by atoms with E-state index in [4.69, 9.17) is 0 Å². The molecule has 0 bridgehead atoms. The molecule has 0 aromatic carbocycles. The summed E-state index contributed by atoms with van der Waals surface area (Å²) in [6.45, 7) is 0. The molecule has 2 aromatic rings. The van der Waals surface area contributed by atoms with Gasteiger partial charge in [-0.2, -0.15) is 9.46 Å². The van der Waals surface area contributed by atoms with Crippen LogP contribution in [-0.4, -0.2) is 23.4 Å². The van der Waals surface area contributed by atoms with E-state index in [1.54, 1.807) is 36.4 Å². The number of thioether (sulfide) groups is 2. The third kappa shape index (κ3) is 20.9. The SMILES string of the molecule is O=C([O-])CSc1cccc[n+]1[O-].O=C([O-])CSc1cccc[n+]1[O-].[Mn+2].[OH3+].[OH3+].[OH3+].[OH3+].[OH3+].[OH3+]. The zero-order chi connectivity index (χ0) is 17.9. The van der Waals surface area contributed by atoms with Crippen LogP contribution in [0.5, 0.6) is 0 Å². The predicted molar refractivity (Wildman–Crippen MR) is 111 cm³/mol. The second-order valence-corrected chi connectivity index (χ2v) is 6.04. The van der Waals surface area contributed by atoms with Crippen molar-refractivity contribution in [1.29, 1.82) is 0 Å². The first kappa shape index (κ1) is 46.8. The Bertz CT molecular complexity index is 655. The molecular weight excluding hydrogens is 507 g/mol. The summed E-state index contributed by atoms with van der Waals surface area (Å²) < 4.78 is 1.24. The Morgan fingerprint density at radius 1 is 0.677 bits per heavy atom. The van der Waals surface area contributed by atoms with Crippen molar-refractivity contribution >= 4 is 35.5 Å². The van der Waals surface area contributed by atoms with E-state index in [0.717, 1.165) is 23.5 Å². The summed E-state index contributed by atoms with van der Waals surface area (Å²) in [6.07, 6.45) is 2.63. The first-order valence-electron chi connectivity index (χ1n) is 6.42. The maximum absolute atomic E-state index is 10.9. The van der Waals surface area contributed by atoms with Gasteiger partial charge in [-0.3, -0.25) is 0 Å². The van der Waals surface area contributed by atoms with Crippen LogP contribution in [-0.2, 0) is 59.5 Å². The van der Waals surface area contributed by atoms with Crippen LogP contribution in [0.25, 0.3) is 0 Å². The fourth-order valence-electron chi connectivity index (χ4n) is 1.31. The maximum Gasteiger partial charge on any atom is 2.00 e. The number of pyridine rings is 2. The minimum atomic E-state index is -1.18. The van der Waals surface area contributed by atoms with Crippen LogP contribution in [0.3, 0.4) is 0 Å². The Morgan fingerprint density at radius 2 is 0.968 bits per heavy atom. The molecule has 31 heavy (non-hydrogen) atoms. The quantitative estimate of drug-likeness (QED) is 0.112. The Kier molecular flexibility index (Phi) is 39.1. The minimum absolute atomic E-state index is 0. The number of aliphatic carboxylic acids is 2. The molecule has 0 saturated heterocycles. The number of rotatable bonds is 6.